The lowest BCUT2D eigenvalue weighted by molar-refractivity contribution is 0.111. The number of hydrogen-bond acceptors (Lipinski definition) is 4. The Hall–Kier alpha value is -1.49. The molecule has 1 aromatic heterocycles. The van der Waals surface area contributed by atoms with Crippen LogP contribution in [0.3, 0.4) is 0 Å². The fourth-order valence-corrected chi connectivity index (χ4v) is 2.71. The summed E-state index contributed by atoms with van der Waals surface area (Å²) in [4.78, 5) is 21.3. The molecule has 0 saturated heterocycles. The number of nitrogens with zero attached hydrogens (tertiary/aromatic N) is 3. The Morgan fingerprint density at radius 1 is 1.56 bits per heavy atom. The molecule has 0 amide bonds. The van der Waals surface area contributed by atoms with Gasteiger partial charge in [-0.15, -0.1) is 11.3 Å². The molecule has 98 valence electrons. The fraction of sp³-hybridized carbons (Fsp3) is 0.462. The second-order valence-electron chi connectivity index (χ2n) is 4.16. The van der Waals surface area contributed by atoms with E-state index in [4.69, 9.17) is 0 Å². The van der Waals surface area contributed by atoms with E-state index in [1.807, 2.05) is 24.9 Å². The second kappa shape index (κ2) is 6.44. The first-order valence-electron chi connectivity index (χ1n) is 5.82. The molecule has 5 heteroatoms. The average molecular weight is 265 g/mol. The quantitative estimate of drug-likeness (QED) is 0.477. The van der Waals surface area contributed by atoms with Crippen molar-refractivity contribution in [3.8, 4) is 0 Å². The van der Waals surface area contributed by atoms with Gasteiger partial charge in [-0.2, -0.15) is 0 Å². The lowest BCUT2D eigenvalue weighted by atomic mass is 10.1. The molecule has 18 heavy (non-hydrogen) atoms. The Labute approximate surface area is 112 Å². The van der Waals surface area contributed by atoms with E-state index in [-0.39, 0.29) is 0 Å². The number of aliphatic imine (C=N–C) groups is 1. The van der Waals surface area contributed by atoms with Crippen LogP contribution in [0.15, 0.2) is 16.4 Å². The molecule has 0 saturated carbocycles. The summed E-state index contributed by atoms with van der Waals surface area (Å²) >= 11 is 1.47. The topological polar surface area (TPSA) is 45.6 Å². The third-order valence-electron chi connectivity index (χ3n) is 2.59. The third-order valence-corrected chi connectivity index (χ3v) is 3.47. The summed E-state index contributed by atoms with van der Waals surface area (Å²) in [6.45, 7) is 6.16. The molecule has 1 rings (SSSR count). The number of aldehydes is 1. The summed E-state index contributed by atoms with van der Waals surface area (Å²) in [6.07, 6.45) is 2.76. The lowest BCUT2D eigenvalue weighted by Crippen LogP contribution is -2.29. The maximum atomic E-state index is 10.7. The van der Waals surface area contributed by atoms with Gasteiger partial charge in [0.25, 0.3) is 0 Å². The number of carbonyl (C=O) groups is 1. The van der Waals surface area contributed by atoms with Crippen molar-refractivity contribution >= 4 is 29.2 Å². The van der Waals surface area contributed by atoms with E-state index in [0.29, 0.717) is 11.6 Å². The fourth-order valence-electron chi connectivity index (χ4n) is 1.84. The summed E-state index contributed by atoms with van der Waals surface area (Å²) < 4.78 is 0. The Bertz CT molecular complexity index is 474. The van der Waals surface area contributed by atoms with Crippen LogP contribution in [0.2, 0.25) is 0 Å². The van der Waals surface area contributed by atoms with Crippen molar-refractivity contribution in [3.63, 3.8) is 0 Å². The Balaban J connectivity index is 3.07. The summed E-state index contributed by atoms with van der Waals surface area (Å²) in [5, 5.41) is 2.60. The Morgan fingerprint density at radius 3 is 2.61 bits per heavy atom. The van der Waals surface area contributed by atoms with Crippen molar-refractivity contribution in [1.82, 2.24) is 9.88 Å². The summed E-state index contributed by atoms with van der Waals surface area (Å²) in [7, 11) is 3.76. The van der Waals surface area contributed by atoms with Gasteiger partial charge < -0.3 is 4.90 Å². The highest BCUT2D eigenvalue weighted by Crippen LogP contribution is 2.23. The Morgan fingerprint density at radius 2 is 2.22 bits per heavy atom. The molecule has 0 aliphatic heterocycles. The van der Waals surface area contributed by atoms with E-state index in [2.05, 4.69) is 23.8 Å². The molecule has 0 spiro atoms. The molecule has 0 fully saturated rings. The Kier molecular flexibility index (Phi) is 5.22. The minimum Gasteiger partial charge on any atom is -0.331 e. The van der Waals surface area contributed by atoms with Gasteiger partial charge in [-0.05, 0) is 6.92 Å². The highest BCUT2D eigenvalue weighted by atomic mass is 32.1. The number of rotatable bonds is 4. The van der Waals surface area contributed by atoms with Crippen LogP contribution in [0, 0.1) is 5.92 Å². The van der Waals surface area contributed by atoms with Crippen molar-refractivity contribution in [2.24, 2.45) is 10.9 Å². The van der Waals surface area contributed by atoms with E-state index in [1.165, 1.54) is 11.3 Å². The second-order valence-corrected chi connectivity index (χ2v) is 5.02. The van der Waals surface area contributed by atoms with Crippen LogP contribution in [0.25, 0.3) is 5.70 Å². The van der Waals surface area contributed by atoms with E-state index in [0.717, 1.165) is 22.8 Å². The van der Waals surface area contributed by atoms with Crippen LogP contribution in [0.1, 0.15) is 36.3 Å². The molecule has 0 aromatic carbocycles. The zero-order chi connectivity index (χ0) is 13.7. The molecule has 4 nitrogen and oxygen atoms in total. The maximum Gasteiger partial charge on any atom is 0.169 e. The normalized spacial score (nSPS) is 13.0. The average Bonchev–Trinajstić information content (AvgIpc) is 2.79. The van der Waals surface area contributed by atoms with E-state index in [9.17, 15) is 4.79 Å². The van der Waals surface area contributed by atoms with Gasteiger partial charge in [-0.3, -0.25) is 9.79 Å². The van der Waals surface area contributed by atoms with Gasteiger partial charge in [0.15, 0.2) is 6.29 Å². The van der Waals surface area contributed by atoms with E-state index in [1.54, 1.807) is 12.4 Å². The molecular weight excluding hydrogens is 246 g/mol. The highest BCUT2D eigenvalue weighted by molar-refractivity contribution is 7.10. The summed E-state index contributed by atoms with van der Waals surface area (Å²) in [6, 6.07) is 0. The van der Waals surface area contributed by atoms with Crippen LogP contribution in [-0.2, 0) is 0 Å². The monoisotopic (exact) mass is 265 g/mol. The number of aromatic nitrogens is 1. The molecule has 0 aliphatic carbocycles. The first kappa shape index (κ1) is 14.6. The number of hydrogen-bond donors (Lipinski definition) is 0. The van der Waals surface area contributed by atoms with Gasteiger partial charge >= 0.3 is 0 Å². The van der Waals surface area contributed by atoms with Gasteiger partial charge in [0.1, 0.15) is 16.5 Å². The van der Waals surface area contributed by atoms with Crippen LogP contribution in [-0.4, -0.2) is 36.1 Å². The van der Waals surface area contributed by atoms with Crippen molar-refractivity contribution in [2.45, 2.75) is 20.8 Å². The summed E-state index contributed by atoms with van der Waals surface area (Å²) in [5.74, 6) is 1.33. The number of carbonyl (C=O) groups excluding carboxylic acids is 1. The zero-order valence-electron chi connectivity index (χ0n) is 11.5. The maximum absolute atomic E-state index is 10.7. The van der Waals surface area contributed by atoms with Gasteiger partial charge in [0, 0.05) is 25.4 Å². The molecule has 0 atom stereocenters. The molecule has 0 radical (unpaired) electrons. The highest BCUT2D eigenvalue weighted by Gasteiger charge is 2.17. The molecule has 0 bridgehead atoms. The predicted octanol–water partition coefficient (Wildman–Crippen LogP) is 2.93. The van der Waals surface area contributed by atoms with Crippen LogP contribution in [0.4, 0.5) is 0 Å². The molecule has 0 aliphatic rings. The van der Waals surface area contributed by atoms with Gasteiger partial charge in [0.05, 0.1) is 5.70 Å². The van der Waals surface area contributed by atoms with Gasteiger partial charge in [-0.1, -0.05) is 19.9 Å². The van der Waals surface area contributed by atoms with Crippen LogP contribution < -0.4 is 0 Å². The minimum absolute atomic E-state index is 0.334. The van der Waals surface area contributed by atoms with Crippen molar-refractivity contribution in [2.75, 3.05) is 14.1 Å². The van der Waals surface area contributed by atoms with E-state index >= 15 is 0 Å². The SMILES string of the molecule is C/C=C(\c1nc(C=O)cs1)N(C)C(=NC)C(C)C. The largest absolute Gasteiger partial charge is 0.331 e. The first-order valence-corrected chi connectivity index (χ1v) is 6.70. The van der Waals surface area contributed by atoms with Crippen molar-refractivity contribution < 1.29 is 4.79 Å². The van der Waals surface area contributed by atoms with E-state index < -0.39 is 0 Å². The molecular formula is C13H19N3OS. The molecule has 1 heterocycles. The number of amidine groups is 1. The van der Waals surface area contributed by atoms with Gasteiger partial charge in [-0.25, -0.2) is 4.98 Å². The number of allylic oxidation sites excluding steroid dienone is 1. The summed E-state index contributed by atoms with van der Waals surface area (Å²) in [5.41, 5.74) is 1.45. The number of thiazole rings is 1. The van der Waals surface area contributed by atoms with Crippen LogP contribution in [0.5, 0.6) is 0 Å². The standard InChI is InChI=1S/C13H19N3OS/c1-6-11(13-15-10(7-17)8-18-13)16(5)12(14-4)9(2)3/h6-9H,1-5H3/b11-6+,14-12?. The lowest BCUT2D eigenvalue weighted by Gasteiger charge is -2.25. The molecule has 0 unspecified atom stereocenters. The predicted molar refractivity (Wildman–Crippen MR) is 77.1 cm³/mol. The smallest absolute Gasteiger partial charge is 0.169 e. The van der Waals surface area contributed by atoms with Gasteiger partial charge in [0.2, 0.25) is 0 Å². The minimum atomic E-state index is 0.334. The van der Waals surface area contributed by atoms with Crippen LogP contribution >= 0.6 is 11.3 Å². The molecule has 0 N–H and O–H groups in total. The molecule has 1 aromatic rings. The zero-order valence-corrected chi connectivity index (χ0v) is 12.3. The van der Waals surface area contributed by atoms with Crippen molar-refractivity contribution in [1.29, 1.82) is 0 Å². The first-order chi connectivity index (χ1) is 8.54. The van der Waals surface area contributed by atoms with Crippen molar-refractivity contribution in [3.05, 3.63) is 22.2 Å². The third kappa shape index (κ3) is 3.04.